The maximum absolute atomic E-state index is 12.8. The van der Waals surface area contributed by atoms with Gasteiger partial charge >= 0.3 is 0 Å². The molecule has 0 bridgehead atoms. The molecular formula is C19H18O3. The smallest absolute Gasteiger partial charge is 0.192 e. The average molecular weight is 294 g/mol. The Bertz CT molecular complexity index is 744. The van der Waals surface area contributed by atoms with Crippen LogP contribution in [-0.2, 0) is 0 Å². The van der Waals surface area contributed by atoms with Crippen molar-refractivity contribution in [1.29, 1.82) is 0 Å². The highest BCUT2D eigenvalue weighted by atomic mass is 16.5. The van der Waals surface area contributed by atoms with E-state index < -0.39 is 0 Å². The van der Waals surface area contributed by atoms with Gasteiger partial charge in [0.15, 0.2) is 5.78 Å². The summed E-state index contributed by atoms with van der Waals surface area (Å²) in [5, 5.41) is 0. The van der Waals surface area contributed by atoms with Crippen molar-refractivity contribution in [2.75, 3.05) is 13.7 Å². The molecule has 2 aromatic carbocycles. The van der Waals surface area contributed by atoms with E-state index >= 15 is 0 Å². The fraction of sp³-hybridized carbons (Fsp3) is 0.211. The zero-order chi connectivity index (χ0) is 15.5. The molecule has 0 aromatic heterocycles. The van der Waals surface area contributed by atoms with Gasteiger partial charge in [-0.2, -0.15) is 0 Å². The highest BCUT2D eigenvalue weighted by molar-refractivity contribution is 6.13. The molecule has 3 nitrogen and oxygen atoms in total. The van der Waals surface area contributed by atoms with Gasteiger partial charge in [-0.25, -0.2) is 0 Å². The van der Waals surface area contributed by atoms with Gasteiger partial charge in [0, 0.05) is 12.0 Å². The van der Waals surface area contributed by atoms with Crippen LogP contribution in [0, 0.1) is 6.92 Å². The number of Topliss-reactive ketones (excluding diaryl/α,β-unsaturated/α-hetero) is 1. The van der Waals surface area contributed by atoms with Crippen LogP contribution in [0.2, 0.25) is 0 Å². The molecule has 1 heterocycles. The zero-order valence-electron chi connectivity index (χ0n) is 12.8. The van der Waals surface area contributed by atoms with E-state index in [1.54, 1.807) is 7.11 Å². The third-order valence-corrected chi connectivity index (χ3v) is 3.80. The summed E-state index contributed by atoms with van der Waals surface area (Å²) in [6.07, 6.45) is 2.52. The molecule has 112 valence electrons. The minimum absolute atomic E-state index is 0.0408. The summed E-state index contributed by atoms with van der Waals surface area (Å²) in [4.78, 5) is 12.8. The van der Waals surface area contributed by atoms with Crippen LogP contribution >= 0.6 is 0 Å². The molecule has 22 heavy (non-hydrogen) atoms. The molecule has 0 fully saturated rings. The number of methoxy groups -OCH3 is 1. The fourth-order valence-corrected chi connectivity index (χ4v) is 2.64. The van der Waals surface area contributed by atoms with Crippen LogP contribution in [0.5, 0.6) is 11.5 Å². The van der Waals surface area contributed by atoms with Gasteiger partial charge in [-0.1, -0.05) is 24.3 Å². The summed E-state index contributed by atoms with van der Waals surface area (Å²) in [5.41, 5.74) is 3.36. The van der Waals surface area contributed by atoms with Crippen LogP contribution in [0.1, 0.15) is 27.9 Å². The number of fused-ring (bicyclic) bond motifs is 1. The maximum Gasteiger partial charge on any atom is 0.192 e. The number of aryl methyl sites for hydroxylation is 1. The van der Waals surface area contributed by atoms with Gasteiger partial charge in [-0.05, 0) is 42.3 Å². The van der Waals surface area contributed by atoms with Gasteiger partial charge in [-0.3, -0.25) is 4.79 Å². The fourth-order valence-electron chi connectivity index (χ4n) is 2.64. The lowest BCUT2D eigenvalue weighted by Crippen LogP contribution is -2.02. The maximum atomic E-state index is 12.8. The number of para-hydroxylation sites is 1. The van der Waals surface area contributed by atoms with Gasteiger partial charge in [0.05, 0.1) is 19.3 Å². The quantitative estimate of drug-likeness (QED) is 0.784. The predicted molar refractivity (Wildman–Crippen MR) is 86.6 cm³/mol. The van der Waals surface area contributed by atoms with Gasteiger partial charge in [0.1, 0.15) is 11.5 Å². The van der Waals surface area contributed by atoms with Gasteiger partial charge in [0.25, 0.3) is 0 Å². The minimum Gasteiger partial charge on any atom is -0.497 e. The molecule has 3 rings (SSSR count). The Morgan fingerprint density at radius 3 is 2.82 bits per heavy atom. The van der Waals surface area contributed by atoms with Crippen LogP contribution in [0.25, 0.3) is 6.08 Å². The summed E-state index contributed by atoms with van der Waals surface area (Å²) in [6.45, 7) is 2.47. The highest BCUT2D eigenvalue weighted by Gasteiger charge is 2.22. The number of carbonyl (C=O) groups is 1. The largest absolute Gasteiger partial charge is 0.497 e. The van der Waals surface area contributed by atoms with Gasteiger partial charge in [0.2, 0.25) is 0 Å². The first-order valence-electron chi connectivity index (χ1n) is 7.31. The van der Waals surface area contributed by atoms with E-state index in [1.165, 1.54) is 0 Å². The second-order valence-electron chi connectivity index (χ2n) is 5.33. The van der Waals surface area contributed by atoms with Crippen LogP contribution in [0.3, 0.4) is 0 Å². The van der Waals surface area contributed by atoms with E-state index in [-0.39, 0.29) is 5.78 Å². The van der Waals surface area contributed by atoms with Gasteiger partial charge < -0.3 is 9.47 Å². The van der Waals surface area contributed by atoms with Crippen molar-refractivity contribution in [3.05, 3.63) is 64.7 Å². The van der Waals surface area contributed by atoms with Crippen molar-refractivity contribution in [3.63, 3.8) is 0 Å². The molecule has 0 radical (unpaired) electrons. The molecule has 0 saturated carbocycles. The number of carbonyl (C=O) groups excluding carboxylic acids is 1. The molecule has 0 spiro atoms. The summed E-state index contributed by atoms with van der Waals surface area (Å²) < 4.78 is 11.0. The standard InChI is InChI=1S/C19H18O3/c1-13-5-3-8-17-18(20)15(9-10-22-19(13)17)11-14-6-4-7-16(12-14)21-2/h3-8,11-12H,9-10H2,1-2H3/b15-11+. The molecule has 3 heteroatoms. The molecule has 1 aliphatic rings. The van der Waals surface area contributed by atoms with E-state index in [0.717, 1.165) is 22.4 Å². The Morgan fingerprint density at radius 2 is 2.00 bits per heavy atom. The van der Waals surface area contributed by atoms with Crippen molar-refractivity contribution in [1.82, 2.24) is 0 Å². The Labute approximate surface area is 130 Å². The third-order valence-electron chi connectivity index (χ3n) is 3.80. The first-order chi connectivity index (χ1) is 10.7. The second kappa shape index (κ2) is 6.06. The molecule has 0 aliphatic carbocycles. The minimum atomic E-state index is 0.0408. The Balaban J connectivity index is 2.01. The summed E-state index contributed by atoms with van der Waals surface area (Å²) in [6, 6.07) is 13.4. The Morgan fingerprint density at radius 1 is 1.18 bits per heavy atom. The van der Waals surface area contributed by atoms with Crippen LogP contribution in [0.15, 0.2) is 48.0 Å². The lowest BCUT2D eigenvalue weighted by molar-refractivity contribution is 0.103. The molecule has 2 aromatic rings. The zero-order valence-corrected chi connectivity index (χ0v) is 12.8. The SMILES string of the molecule is COc1cccc(/C=C2\CCOc3c(C)cccc3C2=O)c1. The first kappa shape index (κ1) is 14.4. The molecule has 0 amide bonds. The number of rotatable bonds is 2. The monoisotopic (exact) mass is 294 g/mol. The molecule has 0 atom stereocenters. The van der Waals surface area contributed by atoms with Crippen LogP contribution in [-0.4, -0.2) is 19.5 Å². The lowest BCUT2D eigenvalue weighted by atomic mass is 9.98. The predicted octanol–water partition coefficient (Wildman–Crippen LogP) is 4.05. The number of benzene rings is 2. The highest BCUT2D eigenvalue weighted by Crippen LogP contribution is 2.30. The van der Waals surface area contributed by atoms with Crippen LogP contribution < -0.4 is 9.47 Å². The second-order valence-corrected chi connectivity index (χ2v) is 5.33. The third kappa shape index (κ3) is 2.75. The summed E-state index contributed by atoms with van der Waals surface area (Å²) in [5.74, 6) is 1.53. The summed E-state index contributed by atoms with van der Waals surface area (Å²) in [7, 11) is 1.63. The topological polar surface area (TPSA) is 35.5 Å². The van der Waals surface area contributed by atoms with E-state index in [0.29, 0.717) is 24.3 Å². The number of hydrogen-bond acceptors (Lipinski definition) is 3. The Kier molecular flexibility index (Phi) is 3.96. The van der Waals surface area contributed by atoms with Crippen molar-refractivity contribution < 1.29 is 14.3 Å². The molecule has 0 saturated heterocycles. The Hall–Kier alpha value is -2.55. The average Bonchev–Trinajstić information content (AvgIpc) is 2.69. The van der Waals surface area contributed by atoms with Crippen molar-refractivity contribution >= 4 is 11.9 Å². The molecule has 0 N–H and O–H groups in total. The van der Waals surface area contributed by atoms with E-state index in [2.05, 4.69) is 0 Å². The number of ketones is 1. The number of ether oxygens (including phenoxy) is 2. The van der Waals surface area contributed by atoms with E-state index in [1.807, 2.05) is 55.5 Å². The van der Waals surface area contributed by atoms with Gasteiger partial charge in [-0.15, -0.1) is 0 Å². The molecule has 1 aliphatic heterocycles. The van der Waals surface area contributed by atoms with E-state index in [9.17, 15) is 4.79 Å². The molecular weight excluding hydrogens is 276 g/mol. The summed E-state index contributed by atoms with van der Waals surface area (Å²) >= 11 is 0. The molecule has 0 unspecified atom stereocenters. The van der Waals surface area contributed by atoms with Crippen LogP contribution in [0.4, 0.5) is 0 Å². The first-order valence-corrected chi connectivity index (χ1v) is 7.31. The van der Waals surface area contributed by atoms with Crippen molar-refractivity contribution in [3.8, 4) is 11.5 Å². The normalized spacial score (nSPS) is 15.9. The number of hydrogen-bond donors (Lipinski definition) is 0. The van der Waals surface area contributed by atoms with E-state index in [4.69, 9.17) is 9.47 Å². The lowest BCUT2D eigenvalue weighted by Gasteiger charge is -2.08. The van der Waals surface area contributed by atoms with Crippen molar-refractivity contribution in [2.45, 2.75) is 13.3 Å². The van der Waals surface area contributed by atoms with Crippen molar-refractivity contribution in [2.24, 2.45) is 0 Å².